The number of hydrogen-bond acceptors (Lipinski definition) is 6. The normalized spacial score (nSPS) is 10.7. The number of aryl methyl sites for hydroxylation is 1. The number of hydrogen-bond donors (Lipinski definition) is 0. The highest BCUT2D eigenvalue weighted by Gasteiger charge is 2.17. The summed E-state index contributed by atoms with van der Waals surface area (Å²) >= 11 is 6.04. The van der Waals surface area contributed by atoms with Crippen molar-refractivity contribution in [3.8, 4) is 23.0 Å². The summed E-state index contributed by atoms with van der Waals surface area (Å²) in [6.45, 7) is 1.62. The Morgan fingerprint density at radius 1 is 0.935 bits per heavy atom. The van der Waals surface area contributed by atoms with E-state index in [2.05, 4.69) is 0 Å². The molecule has 3 aromatic carbocycles. The van der Waals surface area contributed by atoms with Crippen LogP contribution in [-0.4, -0.2) is 13.1 Å². The molecule has 156 valence electrons. The number of rotatable bonds is 5. The molecule has 0 atom stereocenters. The maximum atomic E-state index is 13.0. The van der Waals surface area contributed by atoms with Crippen molar-refractivity contribution < 1.29 is 23.4 Å². The minimum atomic E-state index is -0.609. The molecule has 6 nitrogen and oxygen atoms in total. The van der Waals surface area contributed by atoms with Gasteiger partial charge in [0.2, 0.25) is 11.2 Å². The van der Waals surface area contributed by atoms with Crippen molar-refractivity contribution in [3.63, 3.8) is 0 Å². The summed E-state index contributed by atoms with van der Waals surface area (Å²) in [7, 11) is 1.55. The number of ether oxygens (including phenoxy) is 3. The van der Waals surface area contributed by atoms with Crippen molar-refractivity contribution in [2.75, 3.05) is 7.11 Å². The van der Waals surface area contributed by atoms with Gasteiger partial charge >= 0.3 is 5.97 Å². The second-order valence-electron chi connectivity index (χ2n) is 6.62. The third kappa shape index (κ3) is 4.25. The number of esters is 1. The number of carbonyl (C=O) groups excluding carboxylic acids is 1. The van der Waals surface area contributed by atoms with Crippen LogP contribution < -0.4 is 19.6 Å². The molecule has 0 aliphatic rings. The Bertz CT molecular complexity index is 1340. The molecule has 0 unspecified atom stereocenters. The molecule has 0 radical (unpaired) electrons. The molecule has 0 saturated carbocycles. The molecule has 0 aliphatic heterocycles. The van der Waals surface area contributed by atoms with Gasteiger partial charge in [0.25, 0.3) is 0 Å². The van der Waals surface area contributed by atoms with Crippen LogP contribution in [0.5, 0.6) is 23.0 Å². The quantitative estimate of drug-likeness (QED) is 0.292. The minimum absolute atomic E-state index is 0.0709. The van der Waals surface area contributed by atoms with Gasteiger partial charge in [-0.15, -0.1) is 0 Å². The first-order chi connectivity index (χ1) is 15.0. The third-order valence-corrected chi connectivity index (χ3v) is 4.88. The smallest absolute Gasteiger partial charge is 0.345 e. The fourth-order valence-electron chi connectivity index (χ4n) is 3.02. The number of carbonyl (C=O) groups is 1. The molecule has 0 spiro atoms. The summed E-state index contributed by atoms with van der Waals surface area (Å²) < 4.78 is 22.1. The van der Waals surface area contributed by atoms with Gasteiger partial charge in [0.1, 0.15) is 28.6 Å². The zero-order valence-electron chi connectivity index (χ0n) is 16.7. The molecular weight excluding hydrogens is 420 g/mol. The number of halogens is 1. The molecule has 0 fully saturated rings. The van der Waals surface area contributed by atoms with Gasteiger partial charge in [-0.1, -0.05) is 29.8 Å². The van der Waals surface area contributed by atoms with E-state index in [0.29, 0.717) is 16.9 Å². The monoisotopic (exact) mass is 436 g/mol. The standard InChI is InChI=1S/C24H17ClO6/c1-14-23(30-16-7-5-6-15(12-16)28-2)22(26)19-11-10-17(13-21(19)29-14)31-24(27)18-8-3-4-9-20(18)25/h3-13H,1-2H3. The molecule has 1 aromatic heterocycles. The SMILES string of the molecule is COc1cccc(Oc2c(C)oc3cc(OC(=O)c4ccccc4Cl)ccc3c2=O)c1. The molecule has 1 heterocycles. The van der Waals surface area contributed by atoms with E-state index in [-0.39, 0.29) is 38.9 Å². The maximum absolute atomic E-state index is 13.0. The topological polar surface area (TPSA) is 75.0 Å². The van der Waals surface area contributed by atoms with Gasteiger partial charge in [0.15, 0.2) is 0 Å². The molecule has 0 saturated heterocycles. The molecule has 0 amide bonds. The lowest BCUT2D eigenvalue weighted by molar-refractivity contribution is 0.0735. The van der Waals surface area contributed by atoms with Crippen LogP contribution in [0.2, 0.25) is 5.02 Å². The third-order valence-electron chi connectivity index (χ3n) is 4.55. The number of methoxy groups -OCH3 is 1. The molecule has 0 N–H and O–H groups in total. The summed E-state index contributed by atoms with van der Waals surface area (Å²) in [5.41, 5.74) is 0.166. The van der Waals surface area contributed by atoms with Gasteiger partial charge in [-0.05, 0) is 43.3 Å². The summed E-state index contributed by atoms with van der Waals surface area (Å²) in [6.07, 6.45) is 0. The van der Waals surface area contributed by atoms with Crippen LogP contribution in [0.4, 0.5) is 0 Å². The zero-order chi connectivity index (χ0) is 22.0. The van der Waals surface area contributed by atoms with E-state index in [1.54, 1.807) is 62.6 Å². The highest BCUT2D eigenvalue weighted by Crippen LogP contribution is 2.29. The Morgan fingerprint density at radius 2 is 1.71 bits per heavy atom. The van der Waals surface area contributed by atoms with Crippen LogP contribution in [0.1, 0.15) is 16.1 Å². The van der Waals surface area contributed by atoms with Gasteiger partial charge < -0.3 is 18.6 Å². The zero-order valence-corrected chi connectivity index (χ0v) is 17.4. The average molecular weight is 437 g/mol. The van der Waals surface area contributed by atoms with E-state index in [9.17, 15) is 9.59 Å². The van der Waals surface area contributed by atoms with Gasteiger partial charge in [0, 0.05) is 12.1 Å². The Morgan fingerprint density at radius 3 is 2.48 bits per heavy atom. The van der Waals surface area contributed by atoms with Crippen LogP contribution in [0.25, 0.3) is 11.0 Å². The summed E-state index contributed by atoms with van der Waals surface area (Å²) in [5, 5.41) is 0.580. The van der Waals surface area contributed by atoms with Gasteiger partial charge in [-0.2, -0.15) is 0 Å². The van der Waals surface area contributed by atoms with Crippen molar-refractivity contribution in [3.05, 3.63) is 93.3 Å². The molecule has 31 heavy (non-hydrogen) atoms. The lowest BCUT2D eigenvalue weighted by Gasteiger charge is -2.10. The van der Waals surface area contributed by atoms with E-state index >= 15 is 0 Å². The summed E-state index contributed by atoms with van der Waals surface area (Å²) in [6, 6.07) is 18.0. The molecule has 0 aliphatic carbocycles. The van der Waals surface area contributed by atoms with Crippen LogP contribution in [0.15, 0.2) is 75.9 Å². The van der Waals surface area contributed by atoms with Gasteiger partial charge in [0.05, 0.1) is 23.1 Å². The Kier molecular flexibility index (Phi) is 5.64. The summed E-state index contributed by atoms with van der Waals surface area (Å²) in [5.74, 6) is 1.02. The van der Waals surface area contributed by atoms with E-state index in [1.807, 2.05) is 0 Å². The number of fused-ring (bicyclic) bond motifs is 1. The van der Waals surface area contributed by atoms with Crippen molar-refractivity contribution in [1.29, 1.82) is 0 Å². The minimum Gasteiger partial charge on any atom is -0.497 e. The molecule has 0 bridgehead atoms. The first-order valence-corrected chi connectivity index (χ1v) is 9.70. The molecule has 4 aromatic rings. The maximum Gasteiger partial charge on any atom is 0.345 e. The first-order valence-electron chi connectivity index (χ1n) is 9.32. The highest BCUT2D eigenvalue weighted by molar-refractivity contribution is 6.33. The highest BCUT2D eigenvalue weighted by atomic mass is 35.5. The lowest BCUT2D eigenvalue weighted by Crippen LogP contribution is -2.10. The average Bonchev–Trinajstić information content (AvgIpc) is 2.77. The van der Waals surface area contributed by atoms with E-state index in [0.717, 1.165) is 0 Å². The van der Waals surface area contributed by atoms with E-state index < -0.39 is 5.97 Å². The van der Waals surface area contributed by atoms with Gasteiger partial charge in [-0.3, -0.25) is 4.79 Å². The van der Waals surface area contributed by atoms with Crippen LogP contribution >= 0.6 is 11.6 Å². The first kappa shape index (κ1) is 20.5. The fourth-order valence-corrected chi connectivity index (χ4v) is 3.23. The van der Waals surface area contributed by atoms with Crippen molar-refractivity contribution in [1.82, 2.24) is 0 Å². The molecule has 7 heteroatoms. The Hall–Kier alpha value is -3.77. The van der Waals surface area contributed by atoms with E-state index in [1.165, 1.54) is 18.2 Å². The molecule has 4 rings (SSSR count). The number of benzene rings is 3. The van der Waals surface area contributed by atoms with Crippen LogP contribution in [-0.2, 0) is 0 Å². The fraction of sp³-hybridized carbons (Fsp3) is 0.0833. The van der Waals surface area contributed by atoms with Crippen molar-refractivity contribution in [2.45, 2.75) is 6.92 Å². The Balaban J connectivity index is 1.65. The molecular formula is C24H17ClO6. The largest absolute Gasteiger partial charge is 0.497 e. The predicted molar refractivity (Wildman–Crippen MR) is 117 cm³/mol. The van der Waals surface area contributed by atoms with Gasteiger partial charge in [-0.25, -0.2) is 4.79 Å². The Labute approximate surface area is 182 Å². The summed E-state index contributed by atoms with van der Waals surface area (Å²) in [4.78, 5) is 25.4. The van der Waals surface area contributed by atoms with Crippen LogP contribution in [0, 0.1) is 6.92 Å². The van der Waals surface area contributed by atoms with Crippen molar-refractivity contribution >= 4 is 28.5 Å². The van der Waals surface area contributed by atoms with Crippen molar-refractivity contribution in [2.24, 2.45) is 0 Å². The second kappa shape index (κ2) is 8.53. The lowest BCUT2D eigenvalue weighted by atomic mass is 10.2. The van der Waals surface area contributed by atoms with E-state index in [4.69, 9.17) is 30.2 Å². The van der Waals surface area contributed by atoms with Crippen LogP contribution in [0.3, 0.4) is 0 Å². The second-order valence-corrected chi connectivity index (χ2v) is 7.03. The predicted octanol–water partition coefficient (Wildman–Crippen LogP) is 5.77.